The molecule has 2 N–H and O–H groups in total. The largest absolute Gasteiger partial charge is 0.352 e. The first-order valence-electron chi connectivity index (χ1n) is 5.69. The number of nitrogens with one attached hydrogen (secondary N) is 2. The van der Waals surface area contributed by atoms with Gasteiger partial charge < -0.3 is 10.6 Å². The van der Waals surface area contributed by atoms with Crippen LogP contribution in [0.1, 0.15) is 23.2 Å². The van der Waals surface area contributed by atoms with Crippen LogP contribution in [-0.2, 0) is 4.79 Å². The van der Waals surface area contributed by atoms with Crippen molar-refractivity contribution in [1.29, 1.82) is 0 Å². The van der Waals surface area contributed by atoms with E-state index in [0.717, 1.165) is 0 Å². The van der Waals surface area contributed by atoms with Gasteiger partial charge in [0.1, 0.15) is 0 Å². The summed E-state index contributed by atoms with van der Waals surface area (Å²) in [6.07, 6.45) is 0.978. The van der Waals surface area contributed by atoms with Crippen molar-refractivity contribution in [2.45, 2.75) is 18.9 Å². The number of carbonyl (C=O) groups excluding carboxylic acids is 2. The average molecular weight is 272 g/mol. The first kappa shape index (κ1) is 13.4. The van der Waals surface area contributed by atoms with E-state index in [2.05, 4.69) is 10.6 Å². The van der Waals surface area contributed by atoms with E-state index >= 15 is 0 Å². The Bertz CT molecular complexity index is 511. The quantitative estimate of drug-likeness (QED) is 0.810. The van der Waals surface area contributed by atoms with Crippen LogP contribution in [0.4, 0.5) is 13.2 Å². The van der Waals surface area contributed by atoms with E-state index < -0.39 is 23.4 Å². The molecule has 1 aromatic rings. The molecule has 1 fully saturated rings. The first-order chi connectivity index (χ1) is 8.97. The summed E-state index contributed by atoms with van der Waals surface area (Å²) in [5.74, 6) is -5.27. The van der Waals surface area contributed by atoms with Crippen molar-refractivity contribution in [3.8, 4) is 0 Å². The highest BCUT2D eigenvalue weighted by Crippen LogP contribution is 2.13. The lowest BCUT2D eigenvalue weighted by molar-refractivity contribution is -0.119. The highest BCUT2D eigenvalue weighted by molar-refractivity contribution is 5.94. The molecular weight excluding hydrogens is 261 g/mol. The van der Waals surface area contributed by atoms with Gasteiger partial charge in [0, 0.05) is 24.6 Å². The molecule has 2 amide bonds. The van der Waals surface area contributed by atoms with Gasteiger partial charge in [0.05, 0.1) is 0 Å². The summed E-state index contributed by atoms with van der Waals surface area (Å²) in [5, 5.41) is 5.06. The Morgan fingerprint density at radius 1 is 1.32 bits per heavy atom. The van der Waals surface area contributed by atoms with E-state index in [1.807, 2.05) is 0 Å². The Kier molecular flexibility index (Phi) is 3.73. The Morgan fingerprint density at radius 3 is 2.47 bits per heavy atom. The Morgan fingerprint density at radius 2 is 1.95 bits per heavy atom. The normalized spacial score (nSPS) is 18.3. The van der Waals surface area contributed by atoms with Crippen LogP contribution in [0, 0.1) is 17.5 Å². The number of hydrogen-bond acceptors (Lipinski definition) is 2. The molecule has 1 aliphatic rings. The molecule has 1 atom stereocenters. The maximum Gasteiger partial charge on any atom is 0.251 e. The third-order valence-corrected chi connectivity index (χ3v) is 2.84. The smallest absolute Gasteiger partial charge is 0.251 e. The Hall–Kier alpha value is -2.05. The molecule has 1 saturated heterocycles. The van der Waals surface area contributed by atoms with E-state index in [1.165, 1.54) is 0 Å². The molecule has 7 heteroatoms. The summed E-state index contributed by atoms with van der Waals surface area (Å²) >= 11 is 0. The van der Waals surface area contributed by atoms with Crippen molar-refractivity contribution in [3.63, 3.8) is 0 Å². The SMILES string of the molecule is O=C1CCC(CNC(=O)c2cc(F)c(F)c(F)c2)N1. The molecule has 1 unspecified atom stereocenters. The Balaban J connectivity index is 1.98. The zero-order valence-electron chi connectivity index (χ0n) is 9.80. The van der Waals surface area contributed by atoms with Crippen LogP contribution in [0.2, 0.25) is 0 Å². The standard InChI is InChI=1S/C12H11F3N2O2/c13-8-3-6(4-9(14)11(8)15)12(19)16-5-7-1-2-10(18)17-7/h3-4,7H,1-2,5H2,(H,16,19)(H,17,18). The van der Waals surface area contributed by atoms with Crippen molar-refractivity contribution < 1.29 is 22.8 Å². The molecular formula is C12H11F3N2O2. The van der Waals surface area contributed by atoms with Gasteiger partial charge in [-0.05, 0) is 18.6 Å². The maximum atomic E-state index is 12.9. The predicted octanol–water partition coefficient (Wildman–Crippen LogP) is 1.11. The Labute approximate surface area is 107 Å². The highest BCUT2D eigenvalue weighted by atomic mass is 19.2. The monoisotopic (exact) mass is 272 g/mol. The molecule has 1 aliphatic heterocycles. The summed E-state index contributed by atoms with van der Waals surface area (Å²) in [6, 6.07) is 1.06. The molecule has 1 aromatic carbocycles. The van der Waals surface area contributed by atoms with Gasteiger partial charge in [-0.1, -0.05) is 0 Å². The summed E-state index contributed by atoms with van der Waals surface area (Å²) in [7, 11) is 0. The van der Waals surface area contributed by atoms with Gasteiger partial charge in [-0.2, -0.15) is 0 Å². The van der Waals surface area contributed by atoms with E-state index in [9.17, 15) is 22.8 Å². The fourth-order valence-electron chi connectivity index (χ4n) is 1.83. The molecule has 0 aliphatic carbocycles. The van der Waals surface area contributed by atoms with Crippen LogP contribution in [0.25, 0.3) is 0 Å². The number of carbonyl (C=O) groups is 2. The van der Waals surface area contributed by atoms with Crippen molar-refractivity contribution in [2.75, 3.05) is 6.54 Å². The lowest BCUT2D eigenvalue weighted by Crippen LogP contribution is -2.38. The number of amides is 2. The van der Waals surface area contributed by atoms with Gasteiger partial charge in [-0.3, -0.25) is 9.59 Å². The molecule has 102 valence electrons. The molecule has 1 heterocycles. The fraction of sp³-hybridized carbons (Fsp3) is 0.333. The lowest BCUT2D eigenvalue weighted by Gasteiger charge is -2.11. The van der Waals surface area contributed by atoms with Gasteiger partial charge in [-0.25, -0.2) is 13.2 Å². The van der Waals surface area contributed by atoms with Gasteiger partial charge in [0.25, 0.3) is 5.91 Å². The second-order valence-electron chi connectivity index (χ2n) is 4.27. The van der Waals surface area contributed by atoms with E-state index in [1.54, 1.807) is 0 Å². The van der Waals surface area contributed by atoms with Gasteiger partial charge in [-0.15, -0.1) is 0 Å². The van der Waals surface area contributed by atoms with Crippen LogP contribution >= 0.6 is 0 Å². The maximum absolute atomic E-state index is 12.9. The topological polar surface area (TPSA) is 58.2 Å². The highest BCUT2D eigenvalue weighted by Gasteiger charge is 2.21. The molecule has 2 rings (SSSR count). The number of hydrogen-bond donors (Lipinski definition) is 2. The summed E-state index contributed by atoms with van der Waals surface area (Å²) < 4.78 is 38.6. The van der Waals surface area contributed by atoms with Gasteiger partial charge >= 0.3 is 0 Å². The summed E-state index contributed by atoms with van der Waals surface area (Å²) in [4.78, 5) is 22.5. The number of benzene rings is 1. The average Bonchev–Trinajstić information content (AvgIpc) is 2.78. The first-order valence-corrected chi connectivity index (χ1v) is 5.69. The van der Waals surface area contributed by atoms with Crippen molar-refractivity contribution >= 4 is 11.8 Å². The van der Waals surface area contributed by atoms with E-state index in [4.69, 9.17) is 0 Å². The third-order valence-electron chi connectivity index (χ3n) is 2.84. The molecule has 4 nitrogen and oxygen atoms in total. The molecule has 0 saturated carbocycles. The van der Waals surface area contributed by atoms with Crippen LogP contribution in [-0.4, -0.2) is 24.4 Å². The number of rotatable bonds is 3. The van der Waals surface area contributed by atoms with Crippen molar-refractivity contribution in [1.82, 2.24) is 10.6 Å². The minimum Gasteiger partial charge on any atom is -0.352 e. The molecule has 0 bridgehead atoms. The summed E-state index contributed by atoms with van der Waals surface area (Å²) in [6.45, 7) is 0.158. The second kappa shape index (κ2) is 5.29. The van der Waals surface area contributed by atoms with Crippen LogP contribution in [0.5, 0.6) is 0 Å². The van der Waals surface area contributed by atoms with E-state index in [0.29, 0.717) is 25.0 Å². The minimum atomic E-state index is -1.61. The number of halogens is 3. The van der Waals surface area contributed by atoms with Crippen LogP contribution < -0.4 is 10.6 Å². The zero-order valence-corrected chi connectivity index (χ0v) is 9.80. The van der Waals surface area contributed by atoms with Crippen molar-refractivity contribution in [3.05, 3.63) is 35.1 Å². The molecule has 19 heavy (non-hydrogen) atoms. The third kappa shape index (κ3) is 3.04. The van der Waals surface area contributed by atoms with Crippen LogP contribution in [0.3, 0.4) is 0 Å². The van der Waals surface area contributed by atoms with Gasteiger partial charge in [0.2, 0.25) is 5.91 Å². The van der Waals surface area contributed by atoms with E-state index in [-0.39, 0.29) is 24.1 Å². The second-order valence-corrected chi connectivity index (χ2v) is 4.27. The van der Waals surface area contributed by atoms with Crippen LogP contribution in [0.15, 0.2) is 12.1 Å². The van der Waals surface area contributed by atoms with Gasteiger partial charge in [0.15, 0.2) is 17.5 Å². The zero-order chi connectivity index (χ0) is 14.0. The fourth-order valence-corrected chi connectivity index (χ4v) is 1.83. The minimum absolute atomic E-state index is 0.0990. The predicted molar refractivity (Wildman–Crippen MR) is 59.8 cm³/mol. The molecule has 0 radical (unpaired) electrons. The molecule has 0 spiro atoms. The van der Waals surface area contributed by atoms with Crippen molar-refractivity contribution in [2.24, 2.45) is 0 Å². The molecule has 0 aromatic heterocycles. The lowest BCUT2D eigenvalue weighted by atomic mass is 10.1. The summed E-state index contributed by atoms with van der Waals surface area (Å²) in [5.41, 5.74) is -0.305.